The second kappa shape index (κ2) is 5.20. The van der Waals surface area contributed by atoms with Gasteiger partial charge < -0.3 is 5.73 Å². The lowest BCUT2D eigenvalue weighted by Crippen LogP contribution is -2.48. The highest BCUT2D eigenvalue weighted by Gasteiger charge is 2.28. The molecule has 0 saturated carbocycles. The van der Waals surface area contributed by atoms with E-state index in [1.165, 1.54) is 0 Å². The molecule has 0 aliphatic carbocycles. The fourth-order valence-electron chi connectivity index (χ4n) is 1.17. The third-order valence-electron chi connectivity index (χ3n) is 2.19. The van der Waals surface area contributed by atoms with Gasteiger partial charge in [0.25, 0.3) is 0 Å². The van der Waals surface area contributed by atoms with Crippen LogP contribution in [0, 0.1) is 11.6 Å². The van der Waals surface area contributed by atoms with Gasteiger partial charge in [0.1, 0.15) is 16.5 Å². The van der Waals surface area contributed by atoms with Gasteiger partial charge in [-0.3, -0.25) is 0 Å². The highest BCUT2D eigenvalue weighted by atomic mass is 79.9. The molecular weight excluding hydrogens is 330 g/mol. The second-order valence-corrected chi connectivity index (χ2v) is 6.90. The van der Waals surface area contributed by atoms with Gasteiger partial charge in [-0.1, -0.05) is 0 Å². The van der Waals surface area contributed by atoms with Crippen molar-refractivity contribution >= 4 is 26.0 Å². The third kappa shape index (κ3) is 3.47. The zero-order chi connectivity index (χ0) is 14.1. The number of nitrogens with two attached hydrogens (primary N) is 1. The van der Waals surface area contributed by atoms with E-state index in [1.807, 2.05) is 0 Å². The molecule has 8 heteroatoms. The van der Waals surface area contributed by atoms with Gasteiger partial charge in [0.15, 0.2) is 0 Å². The maximum atomic E-state index is 13.5. The Labute approximate surface area is 113 Å². The first-order valence-electron chi connectivity index (χ1n) is 4.98. The minimum atomic E-state index is -4.10. The molecule has 0 aromatic heterocycles. The molecule has 1 aromatic rings. The molecule has 0 heterocycles. The first kappa shape index (κ1) is 15.5. The Bertz CT molecular complexity index is 561. The molecule has 0 aliphatic rings. The van der Waals surface area contributed by atoms with Crippen molar-refractivity contribution in [3.63, 3.8) is 0 Å². The van der Waals surface area contributed by atoms with Gasteiger partial charge in [-0.2, -0.15) is 0 Å². The summed E-state index contributed by atoms with van der Waals surface area (Å²) in [5.41, 5.74) is 4.47. The van der Waals surface area contributed by atoms with E-state index in [-0.39, 0.29) is 11.0 Å². The minimum absolute atomic E-state index is 0.0379. The standard InChI is InChI=1S/C10H13BrF2N2O2S/c1-10(2,5-14)15-18(16,17)9-3-6(11)7(12)4-8(9)13/h3-4,15H,5,14H2,1-2H3. The van der Waals surface area contributed by atoms with Crippen LogP contribution in [0.25, 0.3) is 0 Å². The minimum Gasteiger partial charge on any atom is -0.329 e. The van der Waals surface area contributed by atoms with E-state index in [4.69, 9.17) is 5.73 Å². The summed E-state index contributed by atoms with van der Waals surface area (Å²) in [6.07, 6.45) is 0. The average Bonchev–Trinajstić information content (AvgIpc) is 2.21. The molecule has 0 radical (unpaired) electrons. The molecule has 0 aliphatic heterocycles. The van der Waals surface area contributed by atoms with E-state index in [1.54, 1.807) is 13.8 Å². The molecule has 0 saturated heterocycles. The number of hydrogen-bond donors (Lipinski definition) is 2. The quantitative estimate of drug-likeness (QED) is 0.818. The monoisotopic (exact) mass is 342 g/mol. The molecule has 0 amide bonds. The van der Waals surface area contributed by atoms with Gasteiger partial charge in [-0.05, 0) is 35.8 Å². The molecule has 1 aromatic carbocycles. The van der Waals surface area contributed by atoms with Crippen molar-refractivity contribution in [1.29, 1.82) is 0 Å². The van der Waals surface area contributed by atoms with Crippen molar-refractivity contribution in [2.24, 2.45) is 5.73 Å². The van der Waals surface area contributed by atoms with Crippen LogP contribution in [-0.2, 0) is 10.0 Å². The largest absolute Gasteiger partial charge is 0.329 e. The van der Waals surface area contributed by atoms with Crippen molar-refractivity contribution in [3.05, 3.63) is 28.2 Å². The summed E-state index contributed by atoms with van der Waals surface area (Å²) < 4.78 is 52.5. The molecule has 3 N–H and O–H groups in total. The summed E-state index contributed by atoms with van der Waals surface area (Å²) in [7, 11) is -4.10. The van der Waals surface area contributed by atoms with Gasteiger partial charge in [0.2, 0.25) is 10.0 Å². The molecule has 0 spiro atoms. The molecule has 0 bridgehead atoms. The first-order valence-corrected chi connectivity index (χ1v) is 7.25. The lowest BCUT2D eigenvalue weighted by molar-refractivity contribution is 0.458. The summed E-state index contributed by atoms with van der Waals surface area (Å²) in [6, 6.07) is 1.38. The van der Waals surface area contributed by atoms with Gasteiger partial charge in [0.05, 0.1) is 4.47 Å². The van der Waals surface area contributed by atoms with E-state index in [0.29, 0.717) is 6.07 Å². The Kier molecular flexibility index (Phi) is 4.47. The van der Waals surface area contributed by atoms with Crippen LogP contribution >= 0.6 is 15.9 Å². The second-order valence-electron chi connectivity index (χ2n) is 4.39. The van der Waals surface area contributed by atoms with Crippen molar-refractivity contribution in [1.82, 2.24) is 4.72 Å². The van der Waals surface area contributed by atoms with Crippen molar-refractivity contribution < 1.29 is 17.2 Å². The van der Waals surface area contributed by atoms with Gasteiger partial charge in [0, 0.05) is 18.2 Å². The summed E-state index contributed by atoms with van der Waals surface area (Å²) in [5, 5.41) is 0. The fraction of sp³-hybridized carbons (Fsp3) is 0.400. The summed E-state index contributed by atoms with van der Waals surface area (Å²) in [5.74, 6) is -2.03. The van der Waals surface area contributed by atoms with E-state index in [0.717, 1.165) is 6.07 Å². The lowest BCUT2D eigenvalue weighted by Gasteiger charge is -2.24. The average molecular weight is 343 g/mol. The van der Waals surface area contributed by atoms with Crippen LogP contribution in [0.4, 0.5) is 8.78 Å². The van der Waals surface area contributed by atoms with Crippen LogP contribution in [-0.4, -0.2) is 20.5 Å². The maximum Gasteiger partial charge on any atom is 0.244 e. The molecule has 0 unspecified atom stereocenters. The van der Waals surface area contributed by atoms with Crippen molar-refractivity contribution in [2.75, 3.05) is 6.54 Å². The van der Waals surface area contributed by atoms with Crippen molar-refractivity contribution in [3.8, 4) is 0 Å². The van der Waals surface area contributed by atoms with Crippen LogP contribution in [0.1, 0.15) is 13.8 Å². The summed E-state index contributed by atoms with van der Waals surface area (Å²) in [4.78, 5) is -0.627. The molecule has 102 valence electrons. The number of rotatable bonds is 4. The topological polar surface area (TPSA) is 72.2 Å². The van der Waals surface area contributed by atoms with Crippen LogP contribution < -0.4 is 10.5 Å². The Morgan fingerprint density at radius 1 is 1.33 bits per heavy atom. The zero-order valence-corrected chi connectivity index (χ0v) is 12.2. The third-order valence-corrected chi connectivity index (χ3v) is 4.51. The predicted octanol–water partition coefficient (Wildman–Crippen LogP) is 1.74. The Morgan fingerprint density at radius 3 is 2.39 bits per heavy atom. The SMILES string of the molecule is CC(C)(CN)NS(=O)(=O)c1cc(Br)c(F)cc1F. The highest BCUT2D eigenvalue weighted by Crippen LogP contribution is 2.24. The van der Waals surface area contributed by atoms with Crippen LogP contribution in [0.2, 0.25) is 0 Å². The van der Waals surface area contributed by atoms with E-state index in [2.05, 4.69) is 20.7 Å². The Hall–Kier alpha value is -0.570. The first-order chi connectivity index (χ1) is 8.09. The Morgan fingerprint density at radius 2 is 1.89 bits per heavy atom. The maximum absolute atomic E-state index is 13.5. The smallest absolute Gasteiger partial charge is 0.244 e. The molecule has 4 nitrogen and oxygen atoms in total. The summed E-state index contributed by atoms with van der Waals surface area (Å²) in [6.45, 7) is 3.15. The van der Waals surface area contributed by atoms with Gasteiger partial charge >= 0.3 is 0 Å². The number of hydrogen-bond acceptors (Lipinski definition) is 3. The molecule has 1 rings (SSSR count). The normalized spacial score (nSPS) is 12.8. The van der Waals surface area contributed by atoms with E-state index < -0.39 is 32.1 Å². The van der Waals surface area contributed by atoms with Gasteiger partial charge in [-0.15, -0.1) is 0 Å². The zero-order valence-electron chi connectivity index (χ0n) is 9.80. The fourth-order valence-corrected chi connectivity index (χ4v) is 3.17. The van der Waals surface area contributed by atoms with E-state index >= 15 is 0 Å². The van der Waals surface area contributed by atoms with Crippen molar-refractivity contribution in [2.45, 2.75) is 24.3 Å². The van der Waals surface area contributed by atoms with Crippen LogP contribution in [0.5, 0.6) is 0 Å². The number of sulfonamides is 1. The van der Waals surface area contributed by atoms with Crippen LogP contribution in [0.3, 0.4) is 0 Å². The number of halogens is 3. The molecular formula is C10H13BrF2N2O2S. The highest BCUT2D eigenvalue weighted by molar-refractivity contribution is 9.10. The Balaban J connectivity index is 3.26. The van der Waals surface area contributed by atoms with Gasteiger partial charge in [-0.25, -0.2) is 21.9 Å². The number of benzene rings is 1. The lowest BCUT2D eigenvalue weighted by atomic mass is 10.1. The van der Waals surface area contributed by atoms with E-state index in [9.17, 15) is 17.2 Å². The molecule has 18 heavy (non-hydrogen) atoms. The number of nitrogens with one attached hydrogen (secondary N) is 1. The molecule has 0 fully saturated rings. The molecule has 0 atom stereocenters. The predicted molar refractivity (Wildman–Crippen MR) is 67.5 cm³/mol. The van der Waals surface area contributed by atoms with Crippen LogP contribution in [0.15, 0.2) is 21.5 Å². The summed E-state index contributed by atoms with van der Waals surface area (Å²) >= 11 is 2.81.